The monoisotopic (exact) mass is 232 g/mol. The number of sulfonamides is 1. The normalized spacial score (nSPS) is 34.5. The van der Waals surface area contributed by atoms with E-state index in [1.807, 2.05) is 0 Å². The first kappa shape index (κ1) is 11.4. The number of nitrogens with zero attached hydrogens (tertiary/aromatic N) is 1. The molecule has 1 aliphatic heterocycles. The van der Waals surface area contributed by atoms with Crippen LogP contribution in [0.3, 0.4) is 0 Å². The number of rotatable bonds is 2. The molecular weight excluding hydrogens is 212 g/mol. The van der Waals surface area contributed by atoms with Crippen molar-refractivity contribution in [3.63, 3.8) is 0 Å². The zero-order valence-electron chi connectivity index (χ0n) is 9.06. The first-order valence-corrected chi connectivity index (χ1v) is 7.35. The fourth-order valence-corrected chi connectivity index (χ4v) is 4.60. The zero-order valence-corrected chi connectivity index (χ0v) is 9.88. The lowest BCUT2D eigenvalue weighted by Crippen LogP contribution is -2.40. The van der Waals surface area contributed by atoms with Crippen molar-refractivity contribution in [2.45, 2.75) is 49.8 Å². The van der Waals surface area contributed by atoms with Crippen LogP contribution in [0.5, 0.6) is 0 Å². The molecule has 0 aromatic carbocycles. The Bertz CT molecular complexity index is 301. The van der Waals surface area contributed by atoms with E-state index >= 15 is 0 Å². The highest BCUT2D eigenvalue weighted by Crippen LogP contribution is 2.27. The van der Waals surface area contributed by atoms with E-state index in [2.05, 4.69) is 0 Å². The van der Waals surface area contributed by atoms with Gasteiger partial charge < -0.3 is 5.73 Å². The van der Waals surface area contributed by atoms with Gasteiger partial charge >= 0.3 is 0 Å². The molecular formula is C10H20N2O2S. The van der Waals surface area contributed by atoms with Crippen LogP contribution in [0.2, 0.25) is 0 Å². The molecule has 0 radical (unpaired) electrons. The van der Waals surface area contributed by atoms with Gasteiger partial charge in [0, 0.05) is 19.1 Å². The highest BCUT2D eigenvalue weighted by Gasteiger charge is 2.35. The van der Waals surface area contributed by atoms with Gasteiger partial charge in [-0.3, -0.25) is 0 Å². The number of nitrogens with two attached hydrogens (primary N) is 1. The smallest absolute Gasteiger partial charge is 0.216 e. The van der Waals surface area contributed by atoms with Crippen molar-refractivity contribution < 1.29 is 8.42 Å². The van der Waals surface area contributed by atoms with Crippen LogP contribution in [0.1, 0.15) is 38.5 Å². The third-order valence-corrected chi connectivity index (χ3v) is 5.96. The summed E-state index contributed by atoms with van der Waals surface area (Å²) in [6, 6.07) is 0.218. The van der Waals surface area contributed by atoms with E-state index in [4.69, 9.17) is 5.73 Å². The summed E-state index contributed by atoms with van der Waals surface area (Å²) < 4.78 is 26.0. The molecule has 0 atom stereocenters. The topological polar surface area (TPSA) is 63.4 Å². The minimum absolute atomic E-state index is 0.157. The zero-order chi connectivity index (χ0) is 10.9. The first-order valence-electron chi connectivity index (χ1n) is 5.85. The molecule has 1 saturated heterocycles. The van der Waals surface area contributed by atoms with Gasteiger partial charge in [0.15, 0.2) is 0 Å². The Labute approximate surface area is 91.9 Å². The molecule has 0 bridgehead atoms. The predicted molar refractivity (Wildman–Crippen MR) is 60.0 cm³/mol. The standard InChI is InChI=1S/C10H20N2O2S/c11-9-3-5-10(6-4-9)15(13,14)12-7-1-2-8-12/h9-10H,1-8,11H2. The Kier molecular flexibility index (Phi) is 3.33. The molecule has 5 heteroatoms. The average molecular weight is 232 g/mol. The van der Waals surface area contributed by atoms with E-state index in [0.717, 1.165) is 51.6 Å². The Morgan fingerprint density at radius 1 is 1.00 bits per heavy atom. The first-order chi connectivity index (χ1) is 7.10. The SMILES string of the molecule is NC1CCC(S(=O)(=O)N2CCCC2)CC1. The van der Waals surface area contributed by atoms with Crippen molar-refractivity contribution in [3.8, 4) is 0 Å². The number of hydrogen-bond acceptors (Lipinski definition) is 3. The molecule has 2 rings (SSSR count). The van der Waals surface area contributed by atoms with Gasteiger partial charge in [0.1, 0.15) is 0 Å². The van der Waals surface area contributed by atoms with Crippen molar-refractivity contribution in [2.24, 2.45) is 5.73 Å². The van der Waals surface area contributed by atoms with Crippen molar-refractivity contribution in [1.29, 1.82) is 0 Å². The third kappa shape index (κ3) is 2.34. The van der Waals surface area contributed by atoms with Crippen LogP contribution in [-0.4, -0.2) is 37.1 Å². The molecule has 2 N–H and O–H groups in total. The van der Waals surface area contributed by atoms with Gasteiger partial charge in [-0.05, 0) is 38.5 Å². The fraction of sp³-hybridized carbons (Fsp3) is 1.00. The molecule has 0 unspecified atom stereocenters. The molecule has 2 aliphatic rings. The van der Waals surface area contributed by atoms with Gasteiger partial charge in [-0.25, -0.2) is 12.7 Å². The molecule has 2 fully saturated rings. The molecule has 0 aromatic heterocycles. The van der Waals surface area contributed by atoms with Crippen LogP contribution in [0, 0.1) is 0 Å². The summed E-state index contributed by atoms with van der Waals surface area (Å²) >= 11 is 0. The second-order valence-corrected chi connectivity index (χ2v) is 6.90. The fourth-order valence-electron chi connectivity index (χ4n) is 2.54. The summed E-state index contributed by atoms with van der Waals surface area (Å²) in [5.74, 6) is 0. The summed E-state index contributed by atoms with van der Waals surface area (Å²) in [7, 11) is -3.01. The maximum absolute atomic E-state index is 12.2. The molecule has 4 nitrogen and oxygen atoms in total. The Balaban J connectivity index is 2.02. The van der Waals surface area contributed by atoms with Gasteiger partial charge in [0.2, 0.25) is 10.0 Å². The van der Waals surface area contributed by atoms with E-state index < -0.39 is 10.0 Å². The van der Waals surface area contributed by atoms with Gasteiger partial charge in [-0.1, -0.05) is 0 Å². The minimum Gasteiger partial charge on any atom is -0.328 e. The minimum atomic E-state index is -3.01. The van der Waals surface area contributed by atoms with Crippen LogP contribution in [0.25, 0.3) is 0 Å². The largest absolute Gasteiger partial charge is 0.328 e. The van der Waals surface area contributed by atoms with Crippen LogP contribution in [0.4, 0.5) is 0 Å². The highest BCUT2D eigenvalue weighted by molar-refractivity contribution is 7.89. The van der Waals surface area contributed by atoms with E-state index in [9.17, 15) is 8.42 Å². The average Bonchev–Trinajstić information content (AvgIpc) is 2.71. The molecule has 0 amide bonds. The second-order valence-electron chi connectivity index (χ2n) is 4.69. The van der Waals surface area contributed by atoms with Crippen molar-refractivity contribution >= 4 is 10.0 Å². The summed E-state index contributed by atoms with van der Waals surface area (Å²) in [4.78, 5) is 0. The van der Waals surface area contributed by atoms with Gasteiger partial charge in [0.25, 0.3) is 0 Å². The van der Waals surface area contributed by atoms with E-state index in [-0.39, 0.29) is 11.3 Å². The Morgan fingerprint density at radius 3 is 2.07 bits per heavy atom. The predicted octanol–water partition coefficient (Wildman–Crippen LogP) is 0.682. The Hall–Kier alpha value is -0.130. The van der Waals surface area contributed by atoms with Crippen molar-refractivity contribution in [2.75, 3.05) is 13.1 Å². The quantitative estimate of drug-likeness (QED) is 0.761. The maximum Gasteiger partial charge on any atom is 0.216 e. The maximum atomic E-state index is 12.2. The van der Waals surface area contributed by atoms with E-state index in [1.54, 1.807) is 4.31 Å². The lowest BCUT2D eigenvalue weighted by molar-refractivity contribution is 0.404. The van der Waals surface area contributed by atoms with E-state index in [0.29, 0.717) is 0 Å². The lowest BCUT2D eigenvalue weighted by Gasteiger charge is -2.29. The van der Waals surface area contributed by atoms with Gasteiger partial charge in [-0.2, -0.15) is 0 Å². The summed E-state index contributed by atoms with van der Waals surface area (Å²) in [6.07, 6.45) is 5.26. The number of hydrogen-bond donors (Lipinski definition) is 1. The molecule has 0 aromatic rings. The van der Waals surface area contributed by atoms with Crippen LogP contribution in [-0.2, 0) is 10.0 Å². The lowest BCUT2D eigenvalue weighted by atomic mass is 9.96. The van der Waals surface area contributed by atoms with Crippen LogP contribution < -0.4 is 5.73 Å². The molecule has 1 saturated carbocycles. The molecule has 88 valence electrons. The second kappa shape index (κ2) is 4.39. The molecule has 15 heavy (non-hydrogen) atoms. The molecule has 1 aliphatic carbocycles. The third-order valence-electron chi connectivity index (χ3n) is 3.57. The van der Waals surface area contributed by atoms with E-state index in [1.165, 1.54) is 0 Å². The Morgan fingerprint density at radius 2 is 1.53 bits per heavy atom. The summed E-state index contributed by atoms with van der Waals surface area (Å²) in [5.41, 5.74) is 5.79. The summed E-state index contributed by atoms with van der Waals surface area (Å²) in [6.45, 7) is 1.45. The molecule has 0 spiro atoms. The summed E-state index contributed by atoms with van der Waals surface area (Å²) in [5, 5.41) is -0.157. The van der Waals surface area contributed by atoms with Crippen LogP contribution in [0.15, 0.2) is 0 Å². The van der Waals surface area contributed by atoms with Crippen LogP contribution >= 0.6 is 0 Å². The van der Waals surface area contributed by atoms with Gasteiger partial charge in [0.05, 0.1) is 5.25 Å². The van der Waals surface area contributed by atoms with Gasteiger partial charge in [-0.15, -0.1) is 0 Å². The van der Waals surface area contributed by atoms with Crippen molar-refractivity contribution in [1.82, 2.24) is 4.31 Å². The van der Waals surface area contributed by atoms with Crippen molar-refractivity contribution in [3.05, 3.63) is 0 Å². The highest BCUT2D eigenvalue weighted by atomic mass is 32.2. The molecule has 1 heterocycles.